The fourth-order valence-electron chi connectivity index (χ4n) is 2.19. The quantitative estimate of drug-likeness (QED) is 0.770. The van der Waals surface area contributed by atoms with E-state index >= 15 is 0 Å². The van der Waals surface area contributed by atoms with Crippen LogP contribution in [0.1, 0.15) is 12.5 Å². The monoisotopic (exact) mass is 294 g/mol. The summed E-state index contributed by atoms with van der Waals surface area (Å²) < 4.78 is 0. The highest BCUT2D eigenvalue weighted by Gasteiger charge is 2.14. The number of thioether (sulfide) groups is 1. The fourth-order valence-corrected chi connectivity index (χ4v) is 3.10. The Bertz CT molecular complexity index is 559. The molecule has 1 aromatic carbocycles. The van der Waals surface area contributed by atoms with Crippen molar-refractivity contribution in [1.29, 1.82) is 0 Å². The summed E-state index contributed by atoms with van der Waals surface area (Å²) in [6.07, 6.45) is 4.03. The van der Waals surface area contributed by atoms with Crippen LogP contribution in [0.15, 0.2) is 30.5 Å². The average molecular weight is 295 g/mol. The van der Waals surface area contributed by atoms with Crippen LogP contribution in [0.4, 0.5) is 5.82 Å². The van der Waals surface area contributed by atoms with Gasteiger partial charge in [0.15, 0.2) is 0 Å². The Kier molecular flexibility index (Phi) is 4.94. The van der Waals surface area contributed by atoms with Crippen LogP contribution >= 0.6 is 23.4 Å². The summed E-state index contributed by atoms with van der Waals surface area (Å²) in [5, 5.41) is 2.38. The lowest BCUT2D eigenvalue weighted by atomic mass is 10.1. The van der Waals surface area contributed by atoms with Crippen LogP contribution in [-0.2, 0) is 5.88 Å². The maximum absolute atomic E-state index is 5.99. The summed E-state index contributed by atoms with van der Waals surface area (Å²) in [7, 11) is 2.11. The van der Waals surface area contributed by atoms with Crippen LogP contribution in [0, 0.1) is 0 Å². The smallest absolute Gasteiger partial charge is 0.136 e. The minimum absolute atomic E-state index is 0.452. The van der Waals surface area contributed by atoms with Crippen molar-refractivity contribution in [3.8, 4) is 0 Å². The average Bonchev–Trinajstić information content (AvgIpc) is 2.45. The van der Waals surface area contributed by atoms with Crippen LogP contribution in [0.5, 0.6) is 0 Å². The summed E-state index contributed by atoms with van der Waals surface area (Å²) >= 11 is 7.85. The van der Waals surface area contributed by atoms with E-state index in [4.69, 9.17) is 11.6 Å². The third-order valence-electron chi connectivity index (χ3n) is 3.40. The van der Waals surface area contributed by atoms with Crippen LogP contribution in [-0.4, -0.2) is 30.1 Å². The molecule has 0 fully saturated rings. The number of rotatable bonds is 5. The van der Waals surface area contributed by atoms with Crippen molar-refractivity contribution in [2.45, 2.75) is 18.8 Å². The van der Waals surface area contributed by atoms with Crippen molar-refractivity contribution in [3.05, 3.63) is 36.0 Å². The molecule has 0 aliphatic heterocycles. The Labute approximate surface area is 124 Å². The van der Waals surface area contributed by atoms with E-state index in [0.29, 0.717) is 11.9 Å². The van der Waals surface area contributed by atoms with Crippen molar-refractivity contribution in [2.75, 3.05) is 24.0 Å². The molecule has 0 radical (unpaired) electrons. The molecule has 0 spiro atoms. The second kappa shape index (κ2) is 6.49. The SMILES string of the molecule is CSCC(C)N(C)c1ncc(CCl)c2ccccc12. The van der Waals surface area contributed by atoms with Crippen LogP contribution in [0.2, 0.25) is 0 Å². The van der Waals surface area contributed by atoms with E-state index in [1.165, 1.54) is 10.8 Å². The van der Waals surface area contributed by atoms with Gasteiger partial charge in [-0.1, -0.05) is 24.3 Å². The highest BCUT2D eigenvalue weighted by Crippen LogP contribution is 2.28. The molecular formula is C15H19ClN2S. The number of nitrogens with zero attached hydrogens (tertiary/aromatic N) is 2. The van der Waals surface area contributed by atoms with Gasteiger partial charge in [0.25, 0.3) is 0 Å². The van der Waals surface area contributed by atoms with Crippen LogP contribution in [0.3, 0.4) is 0 Å². The molecule has 2 aromatic rings. The van der Waals surface area contributed by atoms with E-state index in [-0.39, 0.29) is 0 Å². The lowest BCUT2D eigenvalue weighted by Crippen LogP contribution is -2.31. The van der Waals surface area contributed by atoms with Gasteiger partial charge in [0, 0.05) is 36.3 Å². The first-order valence-electron chi connectivity index (χ1n) is 6.33. The molecule has 0 amide bonds. The number of hydrogen-bond donors (Lipinski definition) is 0. The van der Waals surface area contributed by atoms with Crippen molar-refractivity contribution in [3.63, 3.8) is 0 Å². The zero-order valence-corrected chi connectivity index (χ0v) is 13.1. The minimum Gasteiger partial charge on any atom is -0.356 e. The molecule has 4 heteroatoms. The van der Waals surface area contributed by atoms with Gasteiger partial charge in [-0.25, -0.2) is 4.98 Å². The molecule has 0 aliphatic rings. The normalized spacial score (nSPS) is 12.6. The molecule has 1 atom stereocenters. The van der Waals surface area contributed by atoms with Crippen molar-refractivity contribution < 1.29 is 0 Å². The second-order valence-electron chi connectivity index (χ2n) is 4.70. The summed E-state index contributed by atoms with van der Waals surface area (Å²) in [6, 6.07) is 8.79. The maximum atomic E-state index is 5.99. The Hall–Kier alpha value is -0.930. The molecule has 102 valence electrons. The molecule has 19 heavy (non-hydrogen) atoms. The molecule has 0 N–H and O–H groups in total. The number of fused-ring (bicyclic) bond motifs is 1. The Balaban J connectivity index is 2.50. The fraction of sp³-hybridized carbons (Fsp3) is 0.400. The molecule has 0 aliphatic carbocycles. The van der Waals surface area contributed by atoms with Crippen LogP contribution < -0.4 is 4.90 Å². The van der Waals surface area contributed by atoms with E-state index < -0.39 is 0 Å². The summed E-state index contributed by atoms with van der Waals surface area (Å²) in [5.74, 6) is 2.62. The number of halogens is 1. The number of hydrogen-bond acceptors (Lipinski definition) is 3. The molecule has 0 bridgehead atoms. The zero-order valence-electron chi connectivity index (χ0n) is 11.6. The number of benzene rings is 1. The molecule has 0 saturated carbocycles. The molecule has 2 rings (SSSR count). The molecule has 2 nitrogen and oxygen atoms in total. The van der Waals surface area contributed by atoms with Gasteiger partial charge in [-0.2, -0.15) is 11.8 Å². The molecule has 0 saturated heterocycles. The second-order valence-corrected chi connectivity index (χ2v) is 5.88. The maximum Gasteiger partial charge on any atom is 0.136 e. The predicted octanol–water partition coefficient (Wildman–Crippen LogP) is 4.16. The third kappa shape index (κ3) is 2.98. The van der Waals surface area contributed by atoms with E-state index in [9.17, 15) is 0 Å². The van der Waals surface area contributed by atoms with Crippen molar-refractivity contribution in [2.24, 2.45) is 0 Å². The number of pyridine rings is 1. The van der Waals surface area contributed by atoms with Gasteiger partial charge < -0.3 is 4.90 Å². The summed E-state index contributed by atoms with van der Waals surface area (Å²) in [6.45, 7) is 2.22. The first kappa shape index (κ1) is 14.5. The van der Waals surface area contributed by atoms with E-state index in [1.807, 2.05) is 24.0 Å². The highest BCUT2D eigenvalue weighted by molar-refractivity contribution is 7.98. The first-order chi connectivity index (χ1) is 9.19. The van der Waals surface area contributed by atoms with Gasteiger partial charge in [-0.05, 0) is 24.1 Å². The van der Waals surface area contributed by atoms with E-state index in [0.717, 1.165) is 17.1 Å². The Morgan fingerprint density at radius 3 is 2.63 bits per heavy atom. The van der Waals surface area contributed by atoms with Gasteiger partial charge in [-0.15, -0.1) is 11.6 Å². The molecule has 1 heterocycles. The van der Waals surface area contributed by atoms with Crippen LogP contribution in [0.25, 0.3) is 10.8 Å². The van der Waals surface area contributed by atoms with Gasteiger partial charge in [0.05, 0.1) is 0 Å². The molecule has 1 unspecified atom stereocenters. The predicted molar refractivity (Wildman–Crippen MR) is 87.5 cm³/mol. The van der Waals surface area contributed by atoms with Gasteiger partial charge in [0.2, 0.25) is 0 Å². The highest BCUT2D eigenvalue weighted by atomic mass is 35.5. The van der Waals surface area contributed by atoms with Crippen molar-refractivity contribution >= 4 is 40.0 Å². The van der Waals surface area contributed by atoms with Crippen molar-refractivity contribution in [1.82, 2.24) is 4.98 Å². The summed E-state index contributed by atoms with van der Waals surface area (Å²) in [4.78, 5) is 6.86. The molecular weight excluding hydrogens is 276 g/mol. The van der Waals surface area contributed by atoms with Gasteiger partial charge >= 0.3 is 0 Å². The lowest BCUT2D eigenvalue weighted by Gasteiger charge is -2.27. The summed E-state index contributed by atoms with van der Waals surface area (Å²) in [5.41, 5.74) is 1.09. The van der Waals surface area contributed by atoms with E-state index in [2.05, 4.69) is 48.3 Å². The Morgan fingerprint density at radius 1 is 1.32 bits per heavy atom. The minimum atomic E-state index is 0.452. The lowest BCUT2D eigenvalue weighted by molar-refractivity contribution is 0.757. The zero-order chi connectivity index (χ0) is 13.8. The number of aromatic nitrogens is 1. The van der Waals surface area contributed by atoms with Gasteiger partial charge in [-0.3, -0.25) is 0 Å². The standard InChI is InChI=1S/C15H19ClN2S/c1-11(10-19-3)18(2)15-14-7-5-4-6-13(14)12(8-16)9-17-15/h4-7,9,11H,8,10H2,1-3H3. The third-order valence-corrected chi connectivity index (χ3v) is 4.51. The first-order valence-corrected chi connectivity index (χ1v) is 8.26. The molecule has 1 aromatic heterocycles. The van der Waals surface area contributed by atoms with Gasteiger partial charge in [0.1, 0.15) is 5.82 Å². The number of anilines is 1. The number of alkyl halides is 1. The topological polar surface area (TPSA) is 16.1 Å². The Morgan fingerprint density at radius 2 is 2.00 bits per heavy atom. The van der Waals surface area contributed by atoms with E-state index in [1.54, 1.807) is 0 Å². The largest absolute Gasteiger partial charge is 0.356 e.